The van der Waals surface area contributed by atoms with Crippen molar-refractivity contribution in [1.82, 2.24) is 10.2 Å². The quantitative estimate of drug-likeness (QED) is 0.732. The van der Waals surface area contributed by atoms with E-state index in [0.717, 1.165) is 31.7 Å². The zero-order valence-electron chi connectivity index (χ0n) is 14.7. The monoisotopic (exact) mass is 360 g/mol. The Bertz CT molecular complexity index is 656. The molecule has 0 unspecified atom stereocenters. The fourth-order valence-corrected chi connectivity index (χ4v) is 3.07. The Morgan fingerprint density at radius 3 is 2.42 bits per heavy atom. The lowest BCUT2D eigenvalue weighted by molar-refractivity contribution is -0.136. The van der Waals surface area contributed by atoms with Gasteiger partial charge in [-0.1, -0.05) is 0 Å². The van der Waals surface area contributed by atoms with E-state index in [1.165, 1.54) is 0 Å². The highest BCUT2D eigenvalue weighted by molar-refractivity contribution is 6.39. The van der Waals surface area contributed by atoms with E-state index in [2.05, 4.69) is 15.5 Å². The third-order valence-electron chi connectivity index (χ3n) is 4.53. The van der Waals surface area contributed by atoms with Crippen molar-refractivity contribution in [2.75, 3.05) is 56.2 Å². The number of amides is 3. The van der Waals surface area contributed by atoms with Gasteiger partial charge in [-0.2, -0.15) is 0 Å². The number of nitrogens with one attached hydrogen (secondary N) is 2. The highest BCUT2D eigenvalue weighted by Gasteiger charge is 2.21. The van der Waals surface area contributed by atoms with Gasteiger partial charge in [-0.15, -0.1) is 0 Å². The van der Waals surface area contributed by atoms with Crippen molar-refractivity contribution in [1.29, 1.82) is 0 Å². The molecule has 26 heavy (non-hydrogen) atoms. The third kappa shape index (κ3) is 4.80. The lowest BCUT2D eigenvalue weighted by Gasteiger charge is -2.26. The maximum absolute atomic E-state index is 12.0. The number of rotatable bonds is 5. The Labute approximate surface area is 152 Å². The lowest BCUT2D eigenvalue weighted by Crippen LogP contribution is -2.43. The van der Waals surface area contributed by atoms with Gasteiger partial charge in [-0.3, -0.25) is 19.3 Å². The molecule has 2 heterocycles. The standard InChI is InChI=1S/C18H24N4O4/c23-16-2-1-8-22(16)15-5-3-14(4-6-15)20-18(25)17(24)19-7-9-21-10-12-26-13-11-21/h3-6H,1-2,7-13H2,(H,19,24)(H,20,25). The number of nitrogens with zero attached hydrogens (tertiary/aromatic N) is 2. The van der Waals surface area contributed by atoms with Crippen LogP contribution in [-0.4, -0.2) is 68.6 Å². The fourth-order valence-electron chi connectivity index (χ4n) is 3.07. The maximum Gasteiger partial charge on any atom is 0.313 e. The summed E-state index contributed by atoms with van der Waals surface area (Å²) in [5.41, 5.74) is 1.33. The summed E-state index contributed by atoms with van der Waals surface area (Å²) in [4.78, 5) is 39.5. The van der Waals surface area contributed by atoms with Crippen molar-refractivity contribution < 1.29 is 19.1 Å². The van der Waals surface area contributed by atoms with Crippen LogP contribution in [0.5, 0.6) is 0 Å². The number of hydrogen-bond donors (Lipinski definition) is 2. The van der Waals surface area contributed by atoms with Gasteiger partial charge in [0.25, 0.3) is 0 Å². The molecule has 3 rings (SSSR count). The number of hydrogen-bond acceptors (Lipinski definition) is 5. The third-order valence-corrected chi connectivity index (χ3v) is 4.53. The molecular formula is C18H24N4O4. The highest BCUT2D eigenvalue weighted by Crippen LogP contribution is 2.22. The minimum atomic E-state index is -0.697. The van der Waals surface area contributed by atoms with Gasteiger partial charge in [0.1, 0.15) is 0 Å². The first-order valence-corrected chi connectivity index (χ1v) is 8.93. The van der Waals surface area contributed by atoms with Crippen molar-refractivity contribution in [3.05, 3.63) is 24.3 Å². The summed E-state index contributed by atoms with van der Waals surface area (Å²) >= 11 is 0. The summed E-state index contributed by atoms with van der Waals surface area (Å²) in [6, 6.07) is 6.93. The molecule has 1 aromatic rings. The van der Waals surface area contributed by atoms with E-state index in [1.807, 2.05) is 0 Å². The minimum Gasteiger partial charge on any atom is -0.379 e. The first-order valence-electron chi connectivity index (χ1n) is 8.93. The smallest absolute Gasteiger partial charge is 0.313 e. The van der Waals surface area contributed by atoms with Crippen LogP contribution in [0.15, 0.2) is 24.3 Å². The Hall–Kier alpha value is -2.45. The molecular weight excluding hydrogens is 336 g/mol. The second-order valence-corrected chi connectivity index (χ2v) is 6.36. The van der Waals surface area contributed by atoms with E-state index < -0.39 is 11.8 Å². The molecule has 1 aromatic carbocycles. The van der Waals surface area contributed by atoms with E-state index in [4.69, 9.17) is 4.74 Å². The van der Waals surface area contributed by atoms with Crippen LogP contribution in [0.3, 0.4) is 0 Å². The van der Waals surface area contributed by atoms with Gasteiger partial charge in [0.15, 0.2) is 0 Å². The number of ether oxygens (including phenoxy) is 1. The molecule has 140 valence electrons. The lowest BCUT2D eigenvalue weighted by atomic mass is 10.2. The molecule has 8 heteroatoms. The molecule has 2 aliphatic rings. The SMILES string of the molecule is O=C(NCCN1CCOCC1)C(=O)Nc1ccc(N2CCCC2=O)cc1. The maximum atomic E-state index is 12.0. The molecule has 0 aliphatic carbocycles. The van der Waals surface area contributed by atoms with Crippen LogP contribution in [0.4, 0.5) is 11.4 Å². The first kappa shape index (κ1) is 18.3. The van der Waals surface area contributed by atoms with Crippen LogP contribution in [0.25, 0.3) is 0 Å². The summed E-state index contributed by atoms with van der Waals surface area (Å²) in [5, 5.41) is 5.20. The topological polar surface area (TPSA) is 91.0 Å². The highest BCUT2D eigenvalue weighted by atomic mass is 16.5. The fraction of sp³-hybridized carbons (Fsp3) is 0.500. The average Bonchev–Trinajstić information content (AvgIpc) is 3.09. The van der Waals surface area contributed by atoms with Gasteiger partial charge in [-0.25, -0.2) is 0 Å². The zero-order chi connectivity index (χ0) is 18.4. The number of morpholine rings is 1. The molecule has 0 bridgehead atoms. The molecule has 8 nitrogen and oxygen atoms in total. The summed E-state index contributed by atoms with van der Waals surface area (Å²) in [7, 11) is 0. The Balaban J connectivity index is 1.43. The summed E-state index contributed by atoms with van der Waals surface area (Å²) < 4.78 is 5.26. The number of benzene rings is 1. The van der Waals surface area contributed by atoms with Gasteiger partial charge in [0.05, 0.1) is 13.2 Å². The molecule has 0 aromatic heterocycles. The van der Waals surface area contributed by atoms with Crippen LogP contribution in [0, 0.1) is 0 Å². The van der Waals surface area contributed by atoms with E-state index in [1.54, 1.807) is 29.2 Å². The molecule has 2 saturated heterocycles. The van der Waals surface area contributed by atoms with Gasteiger partial charge in [-0.05, 0) is 30.7 Å². The molecule has 2 aliphatic heterocycles. The van der Waals surface area contributed by atoms with Crippen molar-refractivity contribution in [2.24, 2.45) is 0 Å². The molecule has 2 N–H and O–H groups in total. The predicted octanol–water partition coefficient (Wildman–Crippen LogP) is 0.200. The van der Waals surface area contributed by atoms with Crippen molar-refractivity contribution in [3.63, 3.8) is 0 Å². The molecule has 0 radical (unpaired) electrons. The van der Waals surface area contributed by atoms with Gasteiger partial charge in [0.2, 0.25) is 5.91 Å². The van der Waals surface area contributed by atoms with Crippen LogP contribution in [-0.2, 0) is 19.1 Å². The number of carbonyl (C=O) groups is 3. The summed E-state index contributed by atoms with van der Waals surface area (Å²) in [6.45, 7) is 4.92. The van der Waals surface area contributed by atoms with Crippen molar-refractivity contribution in [3.8, 4) is 0 Å². The predicted molar refractivity (Wildman–Crippen MR) is 96.9 cm³/mol. The largest absolute Gasteiger partial charge is 0.379 e. The zero-order valence-corrected chi connectivity index (χ0v) is 14.7. The van der Waals surface area contributed by atoms with Crippen LogP contribution < -0.4 is 15.5 Å². The summed E-state index contributed by atoms with van der Waals surface area (Å²) in [6.07, 6.45) is 1.44. The molecule has 3 amide bonds. The van der Waals surface area contributed by atoms with Crippen molar-refractivity contribution >= 4 is 29.1 Å². The second kappa shape index (κ2) is 8.77. The Morgan fingerprint density at radius 1 is 1.04 bits per heavy atom. The van der Waals surface area contributed by atoms with Crippen LogP contribution >= 0.6 is 0 Å². The van der Waals surface area contributed by atoms with E-state index in [9.17, 15) is 14.4 Å². The minimum absolute atomic E-state index is 0.112. The first-order chi connectivity index (χ1) is 12.6. The molecule has 2 fully saturated rings. The number of anilines is 2. The van der Waals surface area contributed by atoms with E-state index >= 15 is 0 Å². The Morgan fingerprint density at radius 2 is 1.77 bits per heavy atom. The van der Waals surface area contributed by atoms with E-state index in [-0.39, 0.29) is 5.91 Å². The molecule has 0 atom stereocenters. The van der Waals surface area contributed by atoms with E-state index in [0.29, 0.717) is 38.4 Å². The average molecular weight is 360 g/mol. The molecule has 0 saturated carbocycles. The number of carbonyl (C=O) groups excluding carboxylic acids is 3. The van der Waals surface area contributed by atoms with Gasteiger partial charge < -0.3 is 20.3 Å². The van der Waals surface area contributed by atoms with Crippen molar-refractivity contribution in [2.45, 2.75) is 12.8 Å². The molecule has 0 spiro atoms. The van der Waals surface area contributed by atoms with Crippen LogP contribution in [0.2, 0.25) is 0 Å². The van der Waals surface area contributed by atoms with Gasteiger partial charge in [0, 0.05) is 50.5 Å². The van der Waals surface area contributed by atoms with Gasteiger partial charge >= 0.3 is 11.8 Å². The summed E-state index contributed by atoms with van der Waals surface area (Å²) in [5.74, 6) is -1.24. The Kier molecular flexibility index (Phi) is 6.19. The normalized spacial score (nSPS) is 18.0. The second-order valence-electron chi connectivity index (χ2n) is 6.36. The van der Waals surface area contributed by atoms with Crippen LogP contribution in [0.1, 0.15) is 12.8 Å².